The summed E-state index contributed by atoms with van der Waals surface area (Å²) in [5.41, 5.74) is 4.14. The third-order valence-electron chi connectivity index (χ3n) is 8.44. The van der Waals surface area contributed by atoms with Crippen LogP contribution < -0.4 is 9.47 Å². The van der Waals surface area contributed by atoms with E-state index in [0.717, 1.165) is 35.5 Å². The molecule has 0 saturated heterocycles. The van der Waals surface area contributed by atoms with Gasteiger partial charge in [-0.1, -0.05) is 127 Å². The first-order valence-corrected chi connectivity index (χ1v) is 18.1. The standard InChI is InChI=1S/C43H51FN2O3/c1-2-3-4-5-6-7-8-9-10-11-12-13-14-15-34-48-41-29-16-35(17-30-41)18-33-43(47)49-42-31-21-37(22-32-42)36-19-25-39(26-20-36)45-46-40-27-23-38(44)24-28-40/h16-33H,2-15,34H2,1H3/b33-18+,46-45?. The molecule has 0 aliphatic rings. The second-order valence-electron chi connectivity index (χ2n) is 12.5. The van der Waals surface area contributed by atoms with Crippen LogP contribution in [0.25, 0.3) is 17.2 Å². The number of benzene rings is 4. The van der Waals surface area contributed by atoms with Gasteiger partial charge >= 0.3 is 5.97 Å². The quantitative estimate of drug-likeness (QED) is 0.0277. The predicted octanol–water partition coefficient (Wildman–Crippen LogP) is 13.4. The normalized spacial score (nSPS) is 11.4. The molecule has 0 spiro atoms. The monoisotopic (exact) mass is 662 g/mol. The molecule has 0 amide bonds. The number of azo groups is 1. The van der Waals surface area contributed by atoms with Crippen molar-refractivity contribution in [3.8, 4) is 22.6 Å². The fourth-order valence-corrected chi connectivity index (χ4v) is 5.54. The van der Waals surface area contributed by atoms with Crippen molar-refractivity contribution < 1.29 is 18.7 Å². The fourth-order valence-electron chi connectivity index (χ4n) is 5.54. The molecule has 258 valence electrons. The van der Waals surface area contributed by atoms with E-state index in [2.05, 4.69) is 17.2 Å². The predicted molar refractivity (Wildman–Crippen MR) is 199 cm³/mol. The topological polar surface area (TPSA) is 60.2 Å². The van der Waals surface area contributed by atoms with Crippen molar-refractivity contribution in [3.63, 3.8) is 0 Å². The van der Waals surface area contributed by atoms with E-state index < -0.39 is 5.97 Å². The highest BCUT2D eigenvalue weighted by Gasteiger charge is 2.04. The highest BCUT2D eigenvalue weighted by molar-refractivity contribution is 5.88. The molecule has 0 saturated carbocycles. The van der Waals surface area contributed by atoms with Crippen LogP contribution in [0.15, 0.2) is 113 Å². The maximum atomic E-state index is 13.1. The first kappa shape index (κ1) is 37.2. The largest absolute Gasteiger partial charge is 0.494 e. The zero-order valence-electron chi connectivity index (χ0n) is 29.0. The summed E-state index contributed by atoms with van der Waals surface area (Å²) < 4.78 is 24.5. The molecule has 49 heavy (non-hydrogen) atoms. The molecule has 0 atom stereocenters. The van der Waals surface area contributed by atoms with Crippen LogP contribution in [0.3, 0.4) is 0 Å². The Morgan fingerprint density at radius 3 is 1.55 bits per heavy atom. The SMILES string of the molecule is CCCCCCCCCCCCCCCCOc1ccc(/C=C/C(=O)Oc2ccc(-c3ccc(N=Nc4ccc(F)cc4)cc3)cc2)cc1. The van der Waals surface area contributed by atoms with Gasteiger partial charge in [0.25, 0.3) is 0 Å². The number of ether oxygens (including phenoxy) is 2. The van der Waals surface area contributed by atoms with Gasteiger partial charge in [0.1, 0.15) is 17.3 Å². The summed E-state index contributed by atoms with van der Waals surface area (Å²) in [7, 11) is 0. The summed E-state index contributed by atoms with van der Waals surface area (Å²) in [4.78, 5) is 12.4. The summed E-state index contributed by atoms with van der Waals surface area (Å²) in [6.45, 7) is 3.01. The second kappa shape index (κ2) is 22.1. The van der Waals surface area contributed by atoms with E-state index in [-0.39, 0.29) is 5.82 Å². The van der Waals surface area contributed by atoms with Crippen LogP contribution in [-0.2, 0) is 4.79 Å². The van der Waals surface area contributed by atoms with E-state index in [9.17, 15) is 9.18 Å². The van der Waals surface area contributed by atoms with Crippen molar-refractivity contribution in [1.82, 2.24) is 0 Å². The smallest absolute Gasteiger partial charge is 0.336 e. The third-order valence-corrected chi connectivity index (χ3v) is 8.44. The zero-order chi connectivity index (χ0) is 34.4. The maximum Gasteiger partial charge on any atom is 0.336 e. The lowest BCUT2D eigenvalue weighted by molar-refractivity contribution is -0.128. The molecule has 6 heteroatoms. The van der Waals surface area contributed by atoms with Gasteiger partial charge in [-0.25, -0.2) is 9.18 Å². The Morgan fingerprint density at radius 1 is 0.571 bits per heavy atom. The van der Waals surface area contributed by atoms with Crippen LogP contribution in [0.1, 0.15) is 102 Å². The maximum absolute atomic E-state index is 13.1. The average molecular weight is 663 g/mol. The summed E-state index contributed by atoms with van der Waals surface area (Å²) >= 11 is 0. The van der Waals surface area contributed by atoms with Crippen molar-refractivity contribution in [2.45, 2.75) is 96.8 Å². The lowest BCUT2D eigenvalue weighted by atomic mass is 10.0. The van der Waals surface area contributed by atoms with Crippen LogP contribution >= 0.6 is 0 Å². The Hall–Kier alpha value is -4.58. The number of unbranched alkanes of at least 4 members (excludes halogenated alkanes) is 13. The molecule has 0 heterocycles. The highest BCUT2D eigenvalue weighted by atomic mass is 19.1. The first-order chi connectivity index (χ1) is 24.1. The molecule has 0 fully saturated rings. The van der Waals surface area contributed by atoms with Gasteiger partial charge in [-0.3, -0.25) is 0 Å². The molecule has 4 rings (SSSR count). The number of halogens is 1. The van der Waals surface area contributed by atoms with Crippen LogP contribution in [-0.4, -0.2) is 12.6 Å². The molecule has 0 unspecified atom stereocenters. The van der Waals surface area contributed by atoms with Gasteiger partial charge in [0.2, 0.25) is 0 Å². The zero-order valence-corrected chi connectivity index (χ0v) is 29.0. The minimum Gasteiger partial charge on any atom is -0.494 e. The van der Waals surface area contributed by atoms with Gasteiger partial charge in [-0.15, -0.1) is 0 Å². The van der Waals surface area contributed by atoms with Crippen molar-refractivity contribution in [3.05, 3.63) is 115 Å². The summed E-state index contributed by atoms with van der Waals surface area (Å²) in [6.07, 6.45) is 22.0. The number of carbonyl (C=O) groups excluding carboxylic acids is 1. The van der Waals surface area contributed by atoms with Gasteiger partial charge < -0.3 is 9.47 Å². The van der Waals surface area contributed by atoms with E-state index in [1.807, 2.05) is 60.7 Å². The molecule has 0 N–H and O–H groups in total. The lowest BCUT2D eigenvalue weighted by Crippen LogP contribution is -2.03. The van der Waals surface area contributed by atoms with E-state index >= 15 is 0 Å². The van der Waals surface area contributed by atoms with Crippen molar-refractivity contribution >= 4 is 23.4 Å². The number of nitrogens with zero attached hydrogens (tertiary/aromatic N) is 2. The van der Waals surface area contributed by atoms with Crippen LogP contribution in [0, 0.1) is 5.82 Å². The van der Waals surface area contributed by atoms with E-state index in [4.69, 9.17) is 9.47 Å². The van der Waals surface area contributed by atoms with Gasteiger partial charge in [-0.2, -0.15) is 10.2 Å². The average Bonchev–Trinajstić information content (AvgIpc) is 3.13. The number of rotatable bonds is 22. The molecule has 0 aromatic heterocycles. The molecule has 5 nitrogen and oxygen atoms in total. The van der Waals surface area contributed by atoms with Gasteiger partial charge in [0, 0.05) is 6.08 Å². The summed E-state index contributed by atoms with van der Waals surface area (Å²) in [5, 5.41) is 8.33. The fraction of sp³-hybridized carbons (Fsp3) is 0.372. The van der Waals surface area contributed by atoms with E-state index in [1.165, 1.54) is 102 Å². The highest BCUT2D eigenvalue weighted by Crippen LogP contribution is 2.26. The Labute approximate surface area is 292 Å². The summed E-state index contributed by atoms with van der Waals surface area (Å²) in [6, 6.07) is 28.6. The van der Waals surface area contributed by atoms with E-state index in [0.29, 0.717) is 17.1 Å². The Kier molecular flexibility index (Phi) is 16.8. The van der Waals surface area contributed by atoms with Gasteiger partial charge in [-0.05, 0) is 89.9 Å². The molecule has 0 aliphatic carbocycles. The number of hydrogen-bond acceptors (Lipinski definition) is 5. The molecule has 0 radical (unpaired) electrons. The van der Waals surface area contributed by atoms with Crippen LogP contribution in [0.5, 0.6) is 11.5 Å². The van der Waals surface area contributed by atoms with Crippen molar-refractivity contribution in [2.75, 3.05) is 6.61 Å². The Morgan fingerprint density at radius 2 is 1.02 bits per heavy atom. The van der Waals surface area contributed by atoms with Crippen molar-refractivity contribution in [2.24, 2.45) is 10.2 Å². The molecule has 4 aromatic carbocycles. The molecular weight excluding hydrogens is 611 g/mol. The van der Waals surface area contributed by atoms with Crippen LogP contribution in [0.2, 0.25) is 0 Å². The number of hydrogen-bond donors (Lipinski definition) is 0. The van der Waals surface area contributed by atoms with E-state index in [1.54, 1.807) is 30.3 Å². The molecule has 0 aliphatic heterocycles. The molecular formula is C43H51FN2O3. The minimum atomic E-state index is -0.443. The second-order valence-corrected chi connectivity index (χ2v) is 12.5. The summed E-state index contributed by atoms with van der Waals surface area (Å²) in [5.74, 6) is 0.563. The minimum absolute atomic E-state index is 0.308. The molecule has 0 bridgehead atoms. The third kappa shape index (κ3) is 15.0. The van der Waals surface area contributed by atoms with Crippen molar-refractivity contribution in [1.29, 1.82) is 0 Å². The van der Waals surface area contributed by atoms with Gasteiger partial charge in [0.15, 0.2) is 0 Å². The number of esters is 1. The van der Waals surface area contributed by atoms with Crippen LogP contribution in [0.4, 0.5) is 15.8 Å². The van der Waals surface area contributed by atoms with Gasteiger partial charge in [0.05, 0.1) is 18.0 Å². The first-order valence-electron chi connectivity index (χ1n) is 18.1. The number of carbonyl (C=O) groups is 1. The lowest BCUT2D eigenvalue weighted by Gasteiger charge is -2.07. The Bertz CT molecular complexity index is 1550. The Balaban J connectivity index is 1.07. The molecule has 4 aromatic rings.